The molecule has 8 nitrogen and oxygen atoms in total. The molecule has 3 rings (SSSR count). The Morgan fingerprint density at radius 2 is 1.69 bits per heavy atom. The molecule has 0 bridgehead atoms. The van der Waals surface area contributed by atoms with Gasteiger partial charge < -0.3 is 9.26 Å². The lowest BCUT2D eigenvalue weighted by atomic mass is 9.94. The van der Waals surface area contributed by atoms with Gasteiger partial charge in [-0.1, -0.05) is 5.16 Å². The van der Waals surface area contributed by atoms with Gasteiger partial charge in [-0.2, -0.15) is 0 Å². The van der Waals surface area contributed by atoms with Crippen LogP contribution in [0.25, 0.3) is 0 Å². The number of hydrogen-bond donors (Lipinski definition) is 1. The Morgan fingerprint density at radius 1 is 1.08 bits per heavy atom. The number of hydrogen-bond acceptors (Lipinski definition) is 7. The Bertz CT molecular complexity index is 846. The summed E-state index contributed by atoms with van der Waals surface area (Å²) in [5.74, 6) is 0.305. The number of nitrogens with one attached hydrogen (secondary N) is 1. The average molecular weight is 380 g/mol. The van der Waals surface area contributed by atoms with Crippen LogP contribution in [0.2, 0.25) is 0 Å². The fourth-order valence-electron chi connectivity index (χ4n) is 3.33. The lowest BCUT2D eigenvalue weighted by Gasteiger charge is -2.28. The summed E-state index contributed by atoms with van der Waals surface area (Å²) in [6.07, 6.45) is 2.86. The molecule has 2 aromatic rings. The van der Waals surface area contributed by atoms with Crippen molar-refractivity contribution in [2.24, 2.45) is 0 Å². The number of sulfonamides is 1. The molecule has 0 unspecified atom stereocenters. The summed E-state index contributed by atoms with van der Waals surface area (Å²) < 4.78 is 38.8. The molecule has 0 aliphatic heterocycles. The minimum absolute atomic E-state index is 0.00369. The second-order valence-electron chi connectivity index (χ2n) is 6.80. The summed E-state index contributed by atoms with van der Waals surface area (Å²) in [6.45, 7) is 7.03. The van der Waals surface area contributed by atoms with Crippen LogP contribution in [-0.2, 0) is 10.0 Å². The lowest BCUT2D eigenvalue weighted by molar-refractivity contribution is 0.131. The average Bonchev–Trinajstić information content (AvgIpc) is 2.87. The van der Waals surface area contributed by atoms with Crippen molar-refractivity contribution >= 4 is 10.0 Å². The van der Waals surface area contributed by atoms with Crippen LogP contribution in [0.3, 0.4) is 0 Å². The van der Waals surface area contributed by atoms with E-state index < -0.39 is 10.0 Å². The molecule has 0 saturated heterocycles. The van der Waals surface area contributed by atoms with Gasteiger partial charge in [0.1, 0.15) is 16.7 Å². The van der Waals surface area contributed by atoms with Gasteiger partial charge in [0.15, 0.2) is 5.76 Å². The molecule has 2 aromatic heterocycles. The number of aryl methyl sites for hydroxylation is 4. The van der Waals surface area contributed by atoms with Gasteiger partial charge in [0.2, 0.25) is 10.0 Å². The molecule has 9 heteroatoms. The summed E-state index contributed by atoms with van der Waals surface area (Å²) >= 11 is 0. The normalized spacial score (nSPS) is 20.9. The first-order chi connectivity index (χ1) is 12.2. The minimum atomic E-state index is -3.64. The number of ether oxygens (including phenoxy) is 1. The highest BCUT2D eigenvalue weighted by Crippen LogP contribution is 2.25. The fraction of sp³-hybridized carbons (Fsp3) is 0.588. The van der Waals surface area contributed by atoms with E-state index in [-0.39, 0.29) is 17.0 Å². The first kappa shape index (κ1) is 18.8. The van der Waals surface area contributed by atoms with Crippen LogP contribution in [0.5, 0.6) is 6.01 Å². The maximum absolute atomic E-state index is 12.6. The van der Waals surface area contributed by atoms with Crippen LogP contribution >= 0.6 is 0 Å². The van der Waals surface area contributed by atoms with Gasteiger partial charge in [-0.05, 0) is 59.4 Å². The highest BCUT2D eigenvalue weighted by molar-refractivity contribution is 7.89. The Balaban J connectivity index is 1.58. The smallest absolute Gasteiger partial charge is 0.317 e. The lowest BCUT2D eigenvalue weighted by Crippen LogP contribution is -2.40. The molecule has 0 atom stereocenters. The number of aromatic nitrogens is 3. The largest absolute Gasteiger partial charge is 0.460 e. The zero-order chi connectivity index (χ0) is 18.9. The topological polar surface area (TPSA) is 107 Å². The molecular formula is C17H24N4O4S. The third kappa shape index (κ3) is 4.21. The van der Waals surface area contributed by atoms with E-state index >= 15 is 0 Å². The Kier molecular flexibility index (Phi) is 5.29. The van der Waals surface area contributed by atoms with Crippen LogP contribution < -0.4 is 9.46 Å². The van der Waals surface area contributed by atoms with Gasteiger partial charge in [-0.3, -0.25) is 0 Å². The van der Waals surface area contributed by atoms with Crippen molar-refractivity contribution in [3.63, 3.8) is 0 Å². The molecule has 0 radical (unpaired) electrons. The van der Waals surface area contributed by atoms with Crippen LogP contribution in [0.1, 0.15) is 48.5 Å². The summed E-state index contributed by atoms with van der Waals surface area (Å²) in [5, 5.41) is 3.72. The fourth-order valence-corrected chi connectivity index (χ4v) is 4.96. The second kappa shape index (κ2) is 7.32. The van der Waals surface area contributed by atoms with E-state index in [2.05, 4.69) is 19.8 Å². The highest BCUT2D eigenvalue weighted by atomic mass is 32.2. The zero-order valence-corrected chi connectivity index (χ0v) is 16.3. The summed E-state index contributed by atoms with van der Waals surface area (Å²) in [6, 6.07) is 2.16. The molecule has 142 valence electrons. The van der Waals surface area contributed by atoms with Crippen molar-refractivity contribution in [3.8, 4) is 6.01 Å². The van der Waals surface area contributed by atoms with E-state index in [1.807, 2.05) is 19.9 Å². The molecule has 26 heavy (non-hydrogen) atoms. The number of nitrogens with zero attached hydrogens (tertiary/aromatic N) is 3. The second-order valence-corrected chi connectivity index (χ2v) is 8.45. The van der Waals surface area contributed by atoms with E-state index in [4.69, 9.17) is 9.26 Å². The first-order valence-corrected chi connectivity index (χ1v) is 10.2. The first-order valence-electron chi connectivity index (χ1n) is 8.69. The van der Waals surface area contributed by atoms with Gasteiger partial charge in [0, 0.05) is 17.4 Å². The monoisotopic (exact) mass is 380 g/mol. The van der Waals surface area contributed by atoms with E-state index in [1.54, 1.807) is 13.8 Å². The quantitative estimate of drug-likeness (QED) is 0.848. The van der Waals surface area contributed by atoms with E-state index in [1.165, 1.54) is 0 Å². The van der Waals surface area contributed by atoms with Crippen LogP contribution in [-0.4, -0.2) is 35.7 Å². The molecule has 0 aromatic carbocycles. The molecule has 1 N–H and O–H groups in total. The van der Waals surface area contributed by atoms with Crippen molar-refractivity contribution in [1.29, 1.82) is 0 Å². The standard InChI is InChI=1S/C17H24N4O4S/c1-10-9-11(2)19-17(18-10)24-15-7-5-14(6-8-15)21-26(22,23)16-12(3)20-25-13(16)4/h9,14-15,21H,5-8H2,1-4H3. The SMILES string of the molecule is Cc1cc(C)nc(OC2CCC(NS(=O)(=O)c3c(C)noc3C)CC2)n1. The predicted octanol–water partition coefficient (Wildman–Crippen LogP) is 2.37. The summed E-state index contributed by atoms with van der Waals surface area (Å²) in [7, 11) is -3.64. The molecule has 0 amide bonds. The van der Waals surface area contributed by atoms with E-state index in [0.717, 1.165) is 24.2 Å². The van der Waals surface area contributed by atoms with Crippen molar-refractivity contribution in [3.05, 3.63) is 28.9 Å². The van der Waals surface area contributed by atoms with Gasteiger partial charge in [0.25, 0.3) is 0 Å². The third-order valence-electron chi connectivity index (χ3n) is 4.47. The Hall–Kier alpha value is -2.00. The van der Waals surface area contributed by atoms with Crippen molar-refractivity contribution < 1.29 is 17.7 Å². The van der Waals surface area contributed by atoms with Crippen molar-refractivity contribution in [2.45, 2.75) is 70.4 Å². The van der Waals surface area contributed by atoms with E-state index in [9.17, 15) is 8.42 Å². The third-order valence-corrected chi connectivity index (χ3v) is 6.23. The zero-order valence-electron chi connectivity index (χ0n) is 15.4. The maximum atomic E-state index is 12.6. The van der Waals surface area contributed by atoms with E-state index in [0.29, 0.717) is 30.3 Å². The summed E-state index contributed by atoms with van der Waals surface area (Å²) in [4.78, 5) is 8.73. The molecule has 2 heterocycles. The molecular weight excluding hydrogens is 356 g/mol. The summed E-state index contributed by atoms with van der Waals surface area (Å²) in [5.41, 5.74) is 2.11. The van der Waals surface area contributed by atoms with Gasteiger partial charge in [0.05, 0.1) is 0 Å². The Labute approximate surface area is 153 Å². The van der Waals surface area contributed by atoms with Gasteiger partial charge in [-0.15, -0.1) is 0 Å². The van der Waals surface area contributed by atoms with Crippen LogP contribution in [0.15, 0.2) is 15.5 Å². The predicted molar refractivity (Wildman–Crippen MR) is 94.5 cm³/mol. The molecule has 1 saturated carbocycles. The van der Waals surface area contributed by atoms with Crippen molar-refractivity contribution in [2.75, 3.05) is 0 Å². The van der Waals surface area contributed by atoms with Gasteiger partial charge >= 0.3 is 6.01 Å². The minimum Gasteiger partial charge on any atom is -0.460 e. The molecule has 1 fully saturated rings. The molecule has 1 aliphatic carbocycles. The maximum Gasteiger partial charge on any atom is 0.317 e. The van der Waals surface area contributed by atoms with Gasteiger partial charge in [-0.25, -0.2) is 23.1 Å². The molecule has 0 spiro atoms. The van der Waals surface area contributed by atoms with Crippen LogP contribution in [0.4, 0.5) is 0 Å². The highest BCUT2D eigenvalue weighted by Gasteiger charge is 2.30. The Morgan fingerprint density at radius 3 is 2.23 bits per heavy atom. The molecule has 1 aliphatic rings. The van der Waals surface area contributed by atoms with Crippen molar-refractivity contribution in [1.82, 2.24) is 19.8 Å². The number of rotatable bonds is 5. The van der Waals surface area contributed by atoms with Crippen LogP contribution in [0, 0.1) is 27.7 Å².